The molecule has 1 atom stereocenters. The molecule has 1 aliphatic heterocycles. The number of benzene rings is 4. The number of allylic oxidation sites excluding steroid dienone is 1. The molecule has 6 rings (SSSR count). The highest BCUT2D eigenvalue weighted by atomic mass is 35.5. The average Bonchev–Trinajstić information content (AvgIpc) is 3.38. The van der Waals surface area contributed by atoms with Crippen LogP contribution in [0.4, 0.5) is 5.69 Å². The first-order valence-electron chi connectivity index (χ1n) is 15.1. The van der Waals surface area contributed by atoms with Crippen LogP contribution in [-0.2, 0) is 11.4 Å². The zero-order valence-electron chi connectivity index (χ0n) is 26.3. The third-order valence-electron chi connectivity index (χ3n) is 7.71. The van der Waals surface area contributed by atoms with Crippen molar-refractivity contribution in [3.05, 3.63) is 149 Å². The number of aromatic nitrogens is 1. The van der Waals surface area contributed by atoms with Crippen LogP contribution in [0.25, 0.3) is 6.08 Å². The van der Waals surface area contributed by atoms with Crippen molar-refractivity contribution in [2.75, 3.05) is 19.0 Å². The predicted octanol–water partition coefficient (Wildman–Crippen LogP) is 7.17. The van der Waals surface area contributed by atoms with E-state index in [1.165, 1.54) is 11.3 Å². The number of para-hydroxylation sites is 2. The highest BCUT2D eigenvalue weighted by molar-refractivity contribution is 7.07. The normalized spacial score (nSPS) is 14.3. The van der Waals surface area contributed by atoms with Crippen LogP contribution in [0.3, 0.4) is 0 Å². The van der Waals surface area contributed by atoms with Crippen molar-refractivity contribution in [1.29, 1.82) is 0 Å². The van der Waals surface area contributed by atoms with Gasteiger partial charge in [-0.1, -0.05) is 83.1 Å². The SMILES string of the molecule is CCOc1ccc([C@H]2C(C(=O)Nc3ccccc3)=C(C)N=c3s/c(=C\c4cccc(OC)c4OCc4ccc(Cl)cc4Cl)c(=O)n32)cc1. The molecule has 1 aromatic heterocycles. The lowest BCUT2D eigenvalue weighted by atomic mass is 9.95. The molecule has 0 unspecified atom stereocenters. The Balaban J connectivity index is 1.45. The van der Waals surface area contributed by atoms with Crippen LogP contribution in [0.2, 0.25) is 10.0 Å². The Hall–Kier alpha value is -4.83. The van der Waals surface area contributed by atoms with Gasteiger partial charge in [-0.05, 0) is 68.0 Å². The smallest absolute Gasteiger partial charge is 0.271 e. The molecule has 8 nitrogen and oxygen atoms in total. The lowest BCUT2D eigenvalue weighted by Crippen LogP contribution is -2.40. The van der Waals surface area contributed by atoms with E-state index >= 15 is 0 Å². The monoisotopic (exact) mass is 699 g/mol. The first-order chi connectivity index (χ1) is 23.3. The Kier molecular flexibility index (Phi) is 10.0. The Morgan fingerprint density at radius 2 is 1.77 bits per heavy atom. The minimum Gasteiger partial charge on any atom is -0.494 e. The maximum Gasteiger partial charge on any atom is 0.271 e. The predicted molar refractivity (Wildman–Crippen MR) is 190 cm³/mol. The summed E-state index contributed by atoms with van der Waals surface area (Å²) in [4.78, 5) is 33.4. The molecule has 0 radical (unpaired) electrons. The molecule has 0 saturated carbocycles. The number of methoxy groups -OCH3 is 1. The number of anilines is 1. The van der Waals surface area contributed by atoms with Crippen molar-refractivity contribution in [2.24, 2.45) is 4.99 Å². The van der Waals surface area contributed by atoms with Gasteiger partial charge in [-0.25, -0.2) is 4.99 Å². The van der Waals surface area contributed by atoms with E-state index in [9.17, 15) is 9.59 Å². The van der Waals surface area contributed by atoms with Gasteiger partial charge in [-0.3, -0.25) is 14.2 Å². The topological polar surface area (TPSA) is 91.2 Å². The van der Waals surface area contributed by atoms with Gasteiger partial charge in [-0.2, -0.15) is 0 Å². The Morgan fingerprint density at radius 1 is 1.00 bits per heavy atom. The lowest BCUT2D eigenvalue weighted by molar-refractivity contribution is -0.113. The summed E-state index contributed by atoms with van der Waals surface area (Å²) in [5.74, 6) is 1.28. The first kappa shape index (κ1) is 33.1. The molecule has 11 heteroatoms. The van der Waals surface area contributed by atoms with Gasteiger partial charge in [0.15, 0.2) is 16.3 Å². The van der Waals surface area contributed by atoms with Crippen molar-refractivity contribution in [3.63, 3.8) is 0 Å². The molecular weight excluding hydrogens is 669 g/mol. The lowest BCUT2D eigenvalue weighted by Gasteiger charge is -2.25. The fraction of sp³-hybridized carbons (Fsp3) is 0.162. The van der Waals surface area contributed by atoms with E-state index in [0.717, 1.165) is 11.1 Å². The number of nitrogens with one attached hydrogen (secondary N) is 1. The molecule has 2 heterocycles. The maximum absolute atomic E-state index is 14.3. The second-order valence-corrected chi connectivity index (χ2v) is 12.7. The highest BCUT2D eigenvalue weighted by Gasteiger charge is 2.32. The van der Waals surface area contributed by atoms with Crippen molar-refractivity contribution < 1.29 is 19.0 Å². The number of rotatable bonds is 10. The Labute approximate surface area is 291 Å². The van der Waals surface area contributed by atoms with E-state index in [1.807, 2.05) is 73.7 Å². The number of amides is 1. The molecule has 244 valence electrons. The first-order valence-corrected chi connectivity index (χ1v) is 16.7. The van der Waals surface area contributed by atoms with E-state index in [4.69, 9.17) is 42.4 Å². The van der Waals surface area contributed by atoms with Gasteiger partial charge >= 0.3 is 0 Å². The molecule has 0 saturated heterocycles. The van der Waals surface area contributed by atoms with Crippen molar-refractivity contribution in [1.82, 2.24) is 4.57 Å². The van der Waals surface area contributed by atoms with E-state index in [1.54, 1.807) is 48.9 Å². The minimum atomic E-state index is -0.740. The van der Waals surface area contributed by atoms with Crippen LogP contribution in [0.5, 0.6) is 17.2 Å². The summed E-state index contributed by atoms with van der Waals surface area (Å²) in [6, 6.07) is 26.5. The summed E-state index contributed by atoms with van der Waals surface area (Å²) in [6.45, 7) is 4.36. The van der Waals surface area contributed by atoms with Gasteiger partial charge in [-0.15, -0.1) is 0 Å². The third kappa shape index (κ3) is 6.89. The van der Waals surface area contributed by atoms with E-state index in [2.05, 4.69) is 5.32 Å². The van der Waals surface area contributed by atoms with Crippen molar-refractivity contribution in [3.8, 4) is 17.2 Å². The largest absolute Gasteiger partial charge is 0.494 e. The fourth-order valence-corrected chi connectivity index (χ4v) is 6.95. The molecule has 0 bridgehead atoms. The van der Waals surface area contributed by atoms with Gasteiger partial charge < -0.3 is 19.5 Å². The zero-order valence-corrected chi connectivity index (χ0v) is 28.7. The van der Waals surface area contributed by atoms with Gasteiger partial charge in [0.2, 0.25) is 0 Å². The number of carbonyl (C=O) groups excluding carboxylic acids is 1. The van der Waals surface area contributed by atoms with Crippen molar-refractivity contribution >= 4 is 52.2 Å². The second-order valence-electron chi connectivity index (χ2n) is 10.8. The summed E-state index contributed by atoms with van der Waals surface area (Å²) in [5.41, 5.74) is 3.32. The number of halogens is 2. The van der Waals surface area contributed by atoms with Crippen LogP contribution < -0.4 is 34.4 Å². The van der Waals surface area contributed by atoms with Gasteiger partial charge in [0.25, 0.3) is 11.5 Å². The van der Waals surface area contributed by atoms with Crippen LogP contribution in [0.15, 0.2) is 112 Å². The Morgan fingerprint density at radius 3 is 2.48 bits per heavy atom. The summed E-state index contributed by atoms with van der Waals surface area (Å²) in [6.07, 6.45) is 1.75. The maximum atomic E-state index is 14.3. The van der Waals surface area contributed by atoms with Crippen molar-refractivity contribution in [2.45, 2.75) is 26.5 Å². The molecule has 0 spiro atoms. The Bertz CT molecular complexity index is 2200. The van der Waals surface area contributed by atoms with E-state index in [0.29, 0.717) is 65.8 Å². The summed E-state index contributed by atoms with van der Waals surface area (Å²) in [7, 11) is 1.55. The molecule has 4 aromatic carbocycles. The molecule has 5 aromatic rings. The molecular formula is C37H31Cl2N3O5S. The second kappa shape index (κ2) is 14.5. The molecule has 1 amide bonds. The number of nitrogens with zero attached hydrogens (tertiary/aromatic N) is 2. The van der Waals surface area contributed by atoms with Crippen LogP contribution >= 0.6 is 34.5 Å². The highest BCUT2D eigenvalue weighted by Crippen LogP contribution is 2.34. The van der Waals surface area contributed by atoms with Gasteiger partial charge in [0, 0.05) is 26.9 Å². The number of thiazole rings is 1. The summed E-state index contributed by atoms with van der Waals surface area (Å²) in [5, 5.41) is 3.98. The van der Waals surface area contributed by atoms with E-state index in [-0.39, 0.29) is 18.1 Å². The van der Waals surface area contributed by atoms with Gasteiger partial charge in [0.1, 0.15) is 12.4 Å². The van der Waals surface area contributed by atoms with Crippen LogP contribution in [0, 0.1) is 0 Å². The van der Waals surface area contributed by atoms with Gasteiger partial charge in [0.05, 0.1) is 35.6 Å². The standard InChI is InChI=1S/C37H31Cl2N3O5S/c1-4-46-28-17-14-23(15-18-28)33-32(35(43)41-27-10-6-5-7-11-27)22(2)40-37-42(33)36(44)31(48-37)19-24-9-8-12-30(45-3)34(24)47-21-25-13-16-26(38)20-29(25)39/h5-20,33H,4,21H2,1-3H3,(H,41,43)/b31-19-/t33-/m0/s1. The number of ether oxygens (including phenoxy) is 3. The number of fused-ring (bicyclic) bond motifs is 1. The number of hydrogen-bond acceptors (Lipinski definition) is 7. The van der Waals surface area contributed by atoms with E-state index < -0.39 is 6.04 Å². The van der Waals surface area contributed by atoms with Crippen LogP contribution in [-0.4, -0.2) is 24.2 Å². The minimum absolute atomic E-state index is 0.148. The third-order valence-corrected chi connectivity index (χ3v) is 9.28. The summed E-state index contributed by atoms with van der Waals surface area (Å²) < 4.78 is 19.5. The van der Waals surface area contributed by atoms with Crippen LogP contribution in [0.1, 0.15) is 36.6 Å². The average molecular weight is 701 g/mol. The molecule has 0 aliphatic carbocycles. The zero-order chi connectivity index (χ0) is 33.8. The molecule has 1 aliphatic rings. The molecule has 48 heavy (non-hydrogen) atoms. The molecule has 0 fully saturated rings. The molecule has 1 N–H and O–H groups in total. The number of carbonyl (C=O) groups is 1. The number of hydrogen-bond donors (Lipinski definition) is 1. The quantitative estimate of drug-likeness (QED) is 0.167. The fourth-order valence-electron chi connectivity index (χ4n) is 5.45. The summed E-state index contributed by atoms with van der Waals surface area (Å²) >= 11 is 13.7.